The molecule has 31 heavy (non-hydrogen) atoms. The van der Waals surface area contributed by atoms with Crippen LogP contribution in [0.4, 0.5) is 0 Å². The zero-order chi connectivity index (χ0) is 22.4. The fraction of sp³-hybridized carbons (Fsp3) is 0.286. The second kappa shape index (κ2) is 7.75. The minimum absolute atomic E-state index is 0.0402. The Labute approximate surface area is 174 Å². The summed E-state index contributed by atoms with van der Waals surface area (Å²) in [6, 6.07) is 7.66. The number of aromatic hydroxyl groups is 3. The van der Waals surface area contributed by atoms with Crippen LogP contribution in [-0.4, -0.2) is 61.3 Å². The molecular weight excluding hydrogens is 412 g/mol. The number of benzene rings is 2. The quantitative estimate of drug-likeness (QED) is 0.348. The van der Waals surface area contributed by atoms with Crippen molar-refractivity contribution >= 4 is 11.0 Å². The fourth-order valence-corrected chi connectivity index (χ4v) is 3.41. The third-order valence-corrected chi connectivity index (χ3v) is 5.09. The number of ether oxygens (including phenoxy) is 2. The molecule has 1 aliphatic heterocycles. The van der Waals surface area contributed by atoms with Crippen molar-refractivity contribution in [2.45, 2.75) is 37.6 Å². The first-order chi connectivity index (χ1) is 14.7. The molecule has 0 bridgehead atoms. The molecule has 1 aromatic heterocycles. The monoisotopic (exact) mass is 432 g/mol. The summed E-state index contributed by atoms with van der Waals surface area (Å²) >= 11 is 0. The van der Waals surface area contributed by atoms with E-state index in [4.69, 9.17) is 13.9 Å². The summed E-state index contributed by atoms with van der Waals surface area (Å²) in [7, 11) is 0. The van der Waals surface area contributed by atoms with Gasteiger partial charge in [-0.05, 0) is 31.2 Å². The highest BCUT2D eigenvalue weighted by atomic mass is 16.7. The van der Waals surface area contributed by atoms with Crippen LogP contribution in [-0.2, 0) is 4.74 Å². The van der Waals surface area contributed by atoms with Crippen molar-refractivity contribution in [1.82, 2.24) is 0 Å². The minimum Gasteiger partial charge on any atom is -0.508 e. The molecule has 0 aliphatic carbocycles. The molecule has 0 saturated carbocycles. The van der Waals surface area contributed by atoms with Crippen molar-refractivity contribution in [3.05, 3.63) is 46.6 Å². The fourth-order valence-electron chi connectivity index (χ4n) is 3.41. The maximum atomic E-state index is 13.2. The average molecular weight is 432 g/mol. The molecule has 0 spiro atoms. The Morgan fingerprint density at radius 3 is 2.26 bits per heavy atom. The lowest BCUT2D eigenvalue weighted by Gasteiger charge is -2.38. The van der Waals surface area contributed by atoms with Crippen LogP contribution in [0.5, 0.6) is 23.0 Å². The number of fused-ring (bicyclic) bond motifs is 1. The van der Waals surface area contributed by atoms with E-state index >= 15 is 0 Å². The molecule has 10 nitrogen and oxygen atoms in total. The number of rotatable bonds is 3. The van der Waals surface area contributed by atoms with Crippen LogP contribution < -0.4 is 10.2 Å². The minimum atomic E-state index is -1.69. The van der Waals surface area contributed by atoms with Crippen LogP contribution in [0.15, 0.2) is 45.6 Å². The highest BCUT2D eigenvalue weighted by Gasteiger charge is 2.44. The first-order valence-electron chi connectivity index (χ1n) is 9.36. The molecule has 4 rings (SSSR count). The Hall–Kier alpha value is -3.31. The van der Waals surface area contributed by atoms with Gasteiger partial charge in [0.25, 0.3) is 0 Å². The molecule has 6 N–H and O–H groups in total. The number of hydrogen-bond acceptors (Lipinski definition) is 10. The van der Waals surface area contributed by atoms with Gasteiger partial charge in [0.1, 0.15) is 46.5 Å². The van der Waals surface area contributed by atoms with Gasteiger partial charge in [0.15, 0.2) is 5.76 Å². The van der Waals surface area contributed by atoms with E-state index in [1.54, 1.807) is 0 Å². The Kier molecular flexibility index (Phi) is 5.23. The summed E-state index contributed by atoms with van der Waals surface area (Å²) in [5.74, 6) is -1.51. The summed E-state index contributed by atoms with van der Waals surface area (Å²) in [5, 5.41) is 59.4. The Morgan fingerprint density at radius 2 is 1.58 bits per heavy atom. The molecule has 10 heteroatoms. The molecule has 0 unspecified atom stereocenters. The lowest BCUT2D eigenvalue weighted by Crippen LogP contribution is -2.58. The van der Waals surface area contributed by atoms with Crippen LogP contribution in [0.1, 0.15) is 6.92 Å². The number of aliphatic hydroxyl groups is 3. The van der Waals surface area contributed by atoms with Crippen molar-refractivity contribution in [3.63, 3.8) is 0 Å². The van der Waals surface area contributed by atoms with Crippen LogP contribution >= 0.6 is 0 Å². The van der Waals surface area contributed by atoms with Gasteiger partial charge >= 0.3 is 0 Å². The number of hydrogen-bond donors (Lipinski definition) is 6. The third-order valence-electron chi connectivity index (χ3n) is 5.09. The van der Waals surface area contributed by atoms with Crippen LogP contribution in [0.3, 0.4) is 0 Å². The van der Waals surface area contributed by atoms with Gasteiger partial charge in [-0.3, -0.25) is 4.79 Å². The van der Waals surface area contributed by atoms with Gasteiger partial charge in [0.05, 0.1) is 6.10 Å². The highest BCUT2D eigenvalue weighted by Crippen LogP contribution is 2.37. The highest BCUT2D eigenvalue weighted by molar-refractivity contribution is 5.88. The molecule has 2 heterocycles. The molecule has 0 amide bonds. The number of phenolic OH excluding ortho intramolecular Hbond substituents is 3. The molecule has 5 atom stereocenters. The third kappa shape index (κ3) is 3.66. The zero-order valence-electron chi connectivity index (χ0n) is 16.2. The summed E-state index contributed by atoms with van der Waals surface area (Å²) in [4.78, 5) is 13.2. The standard InChI is InChI=1S/C21H20O10/c1-8-15(25)17(27)18(28)21(29-8)31-20-16(26)14-12(24)6-11(23)7-13(14)30-19(20)9-2-4-10(22)5-3-9/h2-8,15,17-18,21-25,27-28H,1H3/t8-,15-,17+,18-,21+/m1/s1. The Bertz CT molecular complexity index is 1170. The van der Waals surface area contributed by atoms with Gasteiger partial charge in [-0.1, -0.05) is 0 Å². The predicted octanol–water partition coefficient (Wildman–Crippen LogP) is 0.783. The van der Waals surface area contributed by atoms with Gasteiger partial charge in [-0.25, -0.2) is 0 Å². The molecule has 164 valence electrons. The summed E-state index contributed by atoms with van der Waals surface area (Å²) in [5.41, 5.74) is -0.661. The second-order valence-electron chi connectivity index (χ2n) is 7.27. The van der Waals surface area contributed by atoms with Crippen molar-refractivity contribution in [3.8, 4) is 34.3 Å². The Morgan fingerprint density at radius 1 is 0.903 bits per heavy atom. The predicted molar refractivity (Wildman–Crippen MR) is 106 cm³/mol. The molecule has 0 radical (unpaired) electrons. The van der Waals surface area contributed by atoms with E-state index in [1.165, 1.54) is 31.2 Å². The summed E-state index contributed by atoms with van der Waals surface area (Å²) in [6.07, 6.45) is -7.11. The molecule has 2 aromatic carbocycles. The van der Waals surface area contributed by atoms with Crippen molar-refractivity contribution in [2.75, 3.05) is 0 Å². The molecule has 1 aliphatic rings. The molecular formula is C21H20O10. The van der Waals surface area contributed by atoms with Gasteiger partial charge < -0.3 is 44.5 Å². The first-order valence-corrected chi connectivity index (χ1v) is 9.36. The topological polar surface area (TPSA) is 170 Å². The van der Waals surface area contributed by atoms with E-state index in [-0.39, 0.29) is 28.2 Å². The van der Waals surface area contributed by atoms with E-state index in [2.05, 4.69) is 0 Å². The van der Waals surface area contributed by atoms with E-state index in [0.29, 0.717) is 5.56 Å². The van der Waals surface area contributed by atoms with Crippen LogP contribution in [0.2, 0.25) is 0 Å². The second-order valence-corrected chi connectivity index (χ2v) is 7.27. The lowest BCUT2D eigenvalue weighted by atomic mass is 10.00. The van der Waals surface area contributed by atoms with Crippen molar-refractivity contribution in [2.24, 2.45) is 0 Å². The maximum absolute atomic E-state index is 13.2. The van der Waals surface area contributed by atoms with Gasteiger partial charge in [-0.15, -0.1) is 0 Å². The maximum Gasteiger partial charge on any atom is 0.239 e. The lowest BCUT2D eigenvalue weighted by molar-refractivity contribution is -0.268. The number of aliphatic hydroxyl groups excluding tert-OH is 3. The smallest absolute Gasteiger partial charge is 0.239 e. The van der Waals surface area contributed by atoms with Gasteiger partial charge in [0.2, 0.25) is 17.5 Å². The number of phenols is 3. The normalized spacial score (nSPS) is 26.1. The van der Waals surface area contributed by atoms with Crippen molar-refractivity contribution < 1.29 is 44.5 Å². The summed E-state index contributed by atoms with van der Waals surface area (Å²) < 4.78 is 16.8. The van der Waals surface area contributed by atoms with Gasteiger partial charge in [0, 0.05) is 17.7 Å². The average Bonchev–Trinajstić information content (AvgIpc) is 2.72. The van der Waals surface area contributed by atoms with E-state index in [1.807, 2.05) is 0 Å². The van der Waals surface area contributed by atoms with Gasteiger partial charge in [-0.2, -0.15) is 0 Å². The SMILES string of the molecule is C[C@H]1O[C@@H](Oc2c(-c3ccc(O)cc3)oc3cc(O)cc(O)c3c2=O)[C@H](O)[C@@H](O)[C@@H]1O. The van der Waals surface area contributed by atoms with Crippen LogP contribution in [0, 0.1) is 0 Å². The van der Waals surface area contributed by atoms with E-state index in [0.717, 1.165) is 12.1 Å². The van der Waals surface area contributed by atoms with E-state index < -0.39 is 47.6 Å². The molecule has 1 saturated heterocycles. The molecule has 3 aromatic rings. The summed E-state index contributed by atoms with van der Waals surface area (Å²) in [6.45, 7) is 1.45. The largest absolute Gasteiger partial charge is 0.508 e. The first kappa shape index (κ1) is 20.9. The van der Waals surface area contributed by atoms with Crippen molar-refractivity contribution in [1.29, 1.82) is 0 Å². The van der Waals surface area contributed by atoms with E-state index in [9.17, 15) is 35.4 Å². The van der Waals surface area contributed by atoms with Crippen LogP contribution in [0.25, 0.3) is 22.3 Å². The zero-order valence-corrected chi connectivity index (χ0v) is 16.2. The molecule has 1 fully saturated rings. The Balaban J connectivity index is 1.90.